The van der Waals surface area contributed by atoms with Crippen LogP contribution in [0, 0.1) is 0 Å². The van der Waals surface area contributed by atoms with E-state index < -0.39 is 0 Å². The fourth-order valence-electron chi connectivity index (χ4n) is 1.79. The van der Waals surface area contributed by atoms with Crippen LogP contribution < -0.4 is 5.32 Å². The van der Waals surface area contributed by atoms with Gasteiger partial charge in [-0.05, 0) is 44.0 Å². The number of anilines is 1. The van der Waals surface area contributed by atoms with Crippen LogP contribution in [-0.4, -0.2) is 10.1 Å². The maximum absolute atomic E-state index is 5.29. The zero-order chi connectivity index (χ0) is 12.5. The van der Waals surface area contributed by atoms with E-state index in [1.54, 1.807) is 0 Å². The summed E-state index contributed by atoms with van der Waals surface area (Å²) in [6.45, 7) is 2.02. The Morgan fingerprint density at radius 1 is 1.33 bits per heavy atom. The van der Waals surface area contributed by atoms with Gasteiger partial charge in [-0.25, -0.2) is 0 Å². The molecule has 1 fully saturated rings. The lowest BCUT2D eigenvalue weighted by atomic mass is 10.2. The fourth-order valence-corrected chi connectivity index (χ4v) is 2.05. The predicted molar refractivity (Wildman–Crippen MR) is 72.5 cm³/mol. The van der Waals surface area contributed by atoms with Crippen molar-refractivity contribution in [2.75, 3.05) is 5.32 Å². The lowest BCUT2D eigenvalue weighted by Gasteiger charge is -2.10. The zero-order valence-electron chi connectivity index (χ0n) is 10.1. The van der Waals surface area contributed by atoms with Gasteiger partial charge in [0.2, 0.25) is 5.89 Å². The number of aromatic nitrogens is 2. The predicted octanol–water partition coefficient (Wildman–Crippen LogP) is 3.88. The lowest BCUT2D eigenvalue weighted by molar-refractivity contribution is 0.363. The summed E-state index contributed by atoms with van der Waals surface area (Å²) in [5.41, 5.74) is 1.04. The highest BCUT2D eigenvalue weighted by atomic mass is 79.9. The number of halogens is 1. The fraction of sp³-hybridized carbons (Fsp3) is 0.385. The molecular formula is C13H14BrN3O. The first-order valence-corrected chi connectivity index (χ1v) is 6.87. The second-order valence-corrected chi connectivity index (χ2v) is 5.55. The van der Waals surface area contributed by atoms with E-state index in [4.69, 9.17) is 4.52 Å². The van der Waals surface area contributed by atoms with Gasteiger partial charge in [0.15, 0.2) is 5.82 Å². The Morgan fingerprint density at radius 3 is 2.72 bits per heavy atom. The molecule has 0 bridgehead atoms. The van der Waals surface area contributed by atoms with Gasteiger partial charge in [0.25, 0.3) is 0 Å². The van der Waals surface area contributed by atoms with E-state index in [1.165, 1.54) is 12.8 Å². The molecule has 5 heteroatoms. The van der Waals surface area contributed by atoms with Crippen LogP contribution in [0.3, 0.4) is 0 Å². The van der Waals surface area contributed by atoms with Crippen molar-refractivity contribution in [3.8, 4) is 0 Å². The van der Waals surface area contributed by atoms with Gasteiger partial charge in [0.1, 0.15) is 6.04 Å². The first-order valence-electron chi connectivity index (χ1n) is 6.08. The summed E-state index contributed by atoms with van der Waals surface area (Å²) >= 11 is 3.41. The molecule has 1 atom stereocenters. The largest absolute Gasteiger partial charge is 0.374 e. The van der Waals surface area contributed by atoms with Gasteiger partial charge in [0.05, 0.1) is 0 Å². The van der Waals surface area contributed by atoms with Crippen molar-refractivity contribution < 1.29 is 4.52 Å². The number of benzene rings is 1. The van der Waals surface area contributed by atoms with Gasteiger partial charge in [-0.15, -0.1) is 0 Å². The highest BCUT2D eigenvalue weighted by Gasteiger charge is 2.29. The van der Waals surface area contributed by atoms with Crippen LogP contribution in [0.25, 0.3) is 0 Å². The number of hydrogen-bond donors (Lipinski definition) is 1. The van der Waals surface area contributed by atoms with E-state index >= 15 is 0 Å². The van der Waals surface area contributed by atoms with Crippen molar-refractivity contribution in [1.82, 2.24) is 10.1 Å². The molecule has 0 radical (unpaired) electrons. The minimum absolute atomic E-state index is 0.0196. The Labute approximate surface area is 114 Å². The van der Waals surface area contributed by atoms with Crippen molar-refractivity contribution in [2.24, 2.45) is 0 Å². The molecule has 3 rings (SSSR count). The van der Waals surface area contributed by atoms with Crippen LogP contribution in [0.1, 0.15) is 43.4 Å². The van der Waals surface area contributed by atoms with Crippen LogP contribution in [-0.2, 0) is 0 Å². The maximum atomic E-state index is 5.29. The standard InChI is InChI=1S/C13H14BrN3O/c1-8(15-11-6-4-10(14)5-7-11)13-16-12(17-18-13)9-2-3-9/h4-9,15H,2-3H2,1H3/t8-/m1/s1. The molecule has 18 heavy (non-hydrogen) atoms. The smallest absolute Gasteiger partial charge is 0.248 e. The Kier molecular flexibility index (Phi) is 3.07. The minimum atomic E-state index is 0.0196. The Morgan fingerprint density at radius 2 is 2.06 bits per heavy atom. The third kappa shape index (κ3) is 2.56. The van der Waals surface area contributed by atoms with Crippen molar-refractivity contribution >= 4 is 21.6 Å². The minimum Gasteiger partial charge on any atom is -0.374 e. The summed E-state index contributed by atoms with van der Waals surface area (Å²) in [4.78, 5) is 4.44. The number of hydrogen-bond acceptors (Lipinski definition) is 4. The van der Waals surface area contributed by atoms with Crippen LogP contribution in [0.4, 0.5) is 5.69 Å². The first-order chi connectivity index (χ1) is 8.72. The molecule has 1 aliphatic rings. The second-order valence-electron chi connectivity index (χ2n) is 4.64. The molecule has 1 aromatic heterocycles. The molecule has 94 valence electrons. The average Bonchev–Trinajstić information content (AvgIpc) is 3.10. The Bertz CT molecular complexity index is 533. The van der Waals surface area contributed by atoms with Gasteiger partial charge in [-0.3, -0.25) is 0 Å². The molecule has 0 spiro atoms. The molecule has 1 saturated carbocycles. The van der Waals surface area contributed by atoms with Crippen LogP contribution in [0.2, 0.25) is 0 Å². The molecule has 1 aliphatic carbocycles. The molecule has 1 aromatic carbocycles. The molecule has 1 N–H and O–H groups in total. The molecule has 1 heterocycles. The normalized spacial score (nSPS) is 16.6. The van der Waals surface area contributed by atoms with Gasteiger partial charge < -0.3 is 9.84 Å². The monoisotopic (exact) mass is 307 g/mol. The van der Waals surface area contributed by atoms with Crippen LogP contribution >= 0.6 is 15.9 Å². The van der Waals surface area contributed by atoms with Crippen LogP contribution in [0.15, 0.2) is 33.3 Å². The summed E-state index contributed by atoms with van der Waals surface area (Å²) in [6, 6.07) is 8.04. The molecule has 0 amide bonds. The lowest BCUT2D eigenvalue weighted by Crippen LogP contribution is -2.06. The van der Waals surface area contributed by atoms with Gasteiger partial charge in [0, 0.05) is 16.1 Å². The molecule has 0 saturated heterocycles. The second kappa shape index (κ2) is 4.72. The zero-order valence-corrected chi connectivity index (χ0v) is 11.6. The van der Waals surface area contributed by atoms with E-state index in [1.807, 2.05) is 31.2 Å². The third-order valence-electron chi connectivity index (χ3n) is 3.00. The van der Waals surface area contributed by atoms with Gasteiger partial charge in [-0.2, -0.15) is 4.98 Å². The average molecular weight is 308 g/mol. The Balaban J connectivity index is 1.69. The first kappa shape index (κ1) is 11.7. The van der Waals surface area contributed by atoms with Crippen molar-refractivity contribution in [3.63, 3.8) is 0 Å². The number of rotatable bonds is 4. The van der Waals surface area contributed by atoms with Gasteiger partial charge >= 0.3 is 0 Å². The molecule has 4 nitrogen and oxygen atoms in total. The summed E-state index contributed by atoms with van der Waals surface area (Å²) in [7, 11) is 0. The molecular weight excluding hydrogens is 294 g/mol. The van der Waals surface area contributed by atoms with E-state index in [0.29, 0.717) is 11.8 Å². The van der Waals surface area contributed by atoms with Crippen molar-refractivity contribution in [1.29, 1.82) is 0 Å². The van der Waals surface area contributed by atoms with Crippen molar-refractivity contribution in [3.05, 3.63) is 40.5 Å². The summed E-state index contributed by atoms with van der Waals surface area (Å²) in [5, 5.41) is 7.36. The maximum Gasteiger partial charge on any atom is 0.248 e. The highest BCUT2D eigenvalue weighted by molar-refractivity contribution is 9.10. The summed E-state index contributed by atoms with van der Waals surface area (Å²) < 4.78 is 6.36. The highest BCUT2D eigenvalue weighted by Crippen LogP contribution is 2.38. The van der Waals surface area contributed by atoms with Crippen LogP contribution in [0.5, 0.6) is 0 Å². The topological polar surface area (TPSA) is 51.0 Å². The quantitative estimate of drug-likeness (QED) is 0.931. The summed E-state index contributed by atoms with van der Waals surface area (Å²) in [6.07, 6.45) is 2.38. The third-order valence-corrected chi connectivity index (χ3v) is 3.53. The SMILES string of the molecule is C[C@@H](Nc1ccc(Br)cc1)c1nc(C2CC2)no1. The van der Waals surface area contributed by atoms with E-state index in [0.717, 1.165) is 16.0 Å². The van der Waals surface area contributed by atoms with Crippen molar-refractivity contribution in [2.45, 2.75) is 31.7 Å². The van der Waals surface area contributed by atoms with Gasteiger partial charge in [-0.1, -0.05) is 21.1 Å². The van der Waals surface area contributed by atoms with E-state index in [-0.39, 0.29) is 6.04 Å². The Hall–Kier alpha value is -1.36. The number of nitrogens with zero attached hydrogens (tertiary/aromatic N) is 2. The number of nitrogens with one attached hydrogen (secondary N) is 1. The van der Waals surface area contributed by atoms with E-state index in [9.17, 15) is 0 Å². The molecule has 0 unspecified atom stereocenters. The summed E-state index contributed by atoms with van der Waals surface area (Å²) in [5.74, 6) is 2.04. The van der Waals surface area contributed by atoms with E-state index in [2.05, 4.69) is 31.4 Å². The molecule has 0 aliphatic heterocycles. The molecule has 2 aromatic rings.